The Balaban J connectivity index is 1.56. The number of thioether (sulfide) groups is 1. The first kappa shape index (κ1) is 22.3. The molecule has 0 aliphatic rings. The highest BCUT2D eigenvalue weighted by Gasteiger charge is 2.18. The Hall–Kier alpha value is -3.89. The highest BCUT2D eigenvalue weighted by molar-refractivity contribution is 7.99. The third-order valence-corrected chi connectivity index (χ3v) is 6.06. The van der Waals surface area contributed by atoms with Gasteiger partial charge in [0.1, 0.15) is 5.82 Å². The summed E-state index contributed by atoms with van der Waals surface area (Å²) in [6.07, 6.45) is 0.638. The summed E-state index contributed by atoms with van der Waals surface area (Å²) < 4.78 is 2.04. The predicted molar refractivity (Wildman–Crippen MR) is 131 cm³/mol. The van der Waals surface area contributed by atoms with Crippen LogP contribution in [0.5, 0.6) is 0 Å². The van der Waals surface area contributed by atoms with E-state index in [0.29, 0.717) is 22.8 Å². The van der Waals surface area contributed by atoms with Crippen LogP contribution in [0.25, 0.3) is 5.69 Å². The summed E-state index contributed by atoms with van der Waals surface area (Å²) in [4.78, 5) is 12.5. The van der Waals surface area contributed by atoms with E-state index in [0.717, 1.165) is 22.6 Å². The maximum Gasteiger partial charge on any atom is 0.234 e. The molecule has 1 heterocycles. The summed E-state index contributed by atoms with van der Waals surface area (Å²) in [6.45, 7) is 4.14. The van der Waals surface area contributed by atoms with Crippen LogP contribution in [0.15, 0.2) is 78.0 Å². The molecule has 0 spiro atoms. The fourth-order valence-electron chi connectivity index (χ4n) is 3.54. The third-order valence-electron chi connectivity index (χ3n) is 5.13. The fourth-order valence-corrected chi connectivity index (χ4v) is 4.30. The second-order valence-electron chi connectivity index (χ2n) is 7.71. The summed E-state index contributed by atoms with van der Waals surface area (Å²) in [6, 6.07) is 25.3. The van der Waals surface area contributed by atoms with Gasteiger partial charge in [-0.1, -0.05) is 59.8 Å². The number of nitriles is 1. The van der Waals surface area contributed by atoms with Crippen molar-refractivity contribution in [3.8, 4) is 11.8 Å². The van der Waals surface area contributed by atoms with E-state index >= 15 is 0 Å². The number of rotatable bonds is 7. The monoisotopic (exact) mass is 453 g/mol. The Bertz CT molecular complexity index is 1310. The molecular formula is C26H23N5OS. The minimum Gasteiger partial charge on any atom is -0.325 e. The Morgan fingerprint density at radius 3 is 2.48 bits per heavy atom. The molecule has 6 nitrogen and oxygen atoms in total. The smallest absolute Gasteiger partial charge is 0.234 e. The largest absolute Gasteiger partial charge is 0.325 e. The van der Waals surface area contributed by atoms with Crippen molar-refractivity contribution in [2.24, 2.45) is 0 Å². The van der Waals surface area contributed by atoms with Gasteiger partial charge in [0.05, 0.1) is 23.1 Å². The van der Waals surface area contributed by atoms with Crippen LogP contribution in [-0.2, 0) is 11.2 Å². The standard InChI is InChI=1S/C26H23N5OS/c1-18-8-13-23(19(2)14-18)31-24(15-20-6-4-3-5-7-20)29-30-26(31)33-17-25(32)28-22-11-9-21(16-27)10-12-22/h3-14H,15,17H2,1-2H3,(H,28,32). The van der Waals surface area contributed by atoms with E-state index in [1.807, 2.05) is 22.8 Å². The number of nitrogens with zero attached hydrogens (tertiary/aromatic N) is 4. The Labute approximate surface area is 197 Å². The first-order chi connectivity index (χ1) is 16.0. The molecule has 0 radical (unpaired) electrons. The molecule has 0 saturated heterocycles. The minimum absolute atomic E-state index is 0.149. The van der Waals surface area contributed by atoms with Crippen LogP contribution < -0.4 is 5.32 Å². The van der Waals surface area contributed by atoms with E-state index in [1.54, 1.807) is 24.3 Å². The van der Waals surface area contributed by atoms with Gasteiger partial charge in [-0.05, 0) is 55.3 Å². The molecule has 1 N–H and O–H groups in total. The summed E-state index contributed by atoms with van der Waals surface area (Å²) in [5.74, 6) is 0.863. The first-order valence-corrected chi connectivity index (χ1v) is 11.5. The van der Waals surface area contributed by atoms with Gasteiger partial charge in [0, 0.05) is 12.1 Å². The van der Waals surface area contributed by atoms with Gasteiger partial charge in [0.25, 0.3) is 0 Å². The lowest BCUT2D eigenvalue weighted by molar-refractivity contribution is -0.113. The van der Waals surface area contributed by atoms with Gasteiger partial charge < -0.3 is 5.32 Å². The van der Waals surface area contributed by atoms with Gasteiger partial charge in [-0.3, -0.25) is 9.36 Å². The van der Waals surface area contributed by atoms with Crippen molar-refractivity contribution in [1.82, 2.24) is 14.8 Å². The molecule has 1 aromatic heterocycles. The molecule has 4 rings (SSSR count). The maximum atomic E-state index is 12.5. The summed E-state index contributed by atoms with van der Waals surface area (Å²) in [5, 5.41) is 21.3. The number of nitrogens with one attached hydrogen (secondary N) is 1. The van der Waals surface area contributed by atoms with Crippen LogP contribution in [0.3, 0.4) is 0 Å². The average molecular weight is 454 g/mol. The van der Waals surface area contributed by atoms with Crippen molar-refractivity contribution in [3.05, 3.63) is 101 Å². The number of aryl methyl sites for hydroxylation is 2. The van der Waals surface area contributed by atoms with E-state index in [2.05, 4.69) is 65.8 Å². The lowest BCUT2D eigenvalue weighted by Gasteiger charge is -2.14. The van der Waals surface area contributed by atoms with Crippen molar-refractivity contribution in [2.75, 3.05) is 11.1 Å². The van der Waals surface area contributed by atoms with E-state index in [-0.39, 0.29) is 11.7 Å². The van der Waals surface area contributed by atoms with Crippen LogP contribution >= 0.6 is 11.8 Å². The molecule has 0 bridgehead atoms. The number of amides is 1. The molecule has 33 heavy (non-hydrogen) atoms. The van der Waals surface area contributed by atoms with Crippen LogP contribution in [-0.4, -0.2) is 26.4 Å². The van der Waals surface area contributed by atoms with Crippen molar-refractivity contribution in [1.29, 1.82) is 5.26 Å². The average Bonchev–Trinajstić information content (AvgIpc) is 3.21. The quantitative estimate of drug-likeness (QED) is 0.395. The molecule has 0 saturated carbocycles. The topological polar surface area (TPSA) is 83.6 Å². The Morgan fingerprint density at radius 2 is 1.79 bits per heavy atom. The summed E-state index contributed by atoms with van der Waals surface area (Å²) in [7, 11) is 0. The van der Waals surface area contributed by atoms with E-state index in [1.165, 1.54) is 17.3 Å². The van der Waals surface area contributed by atoms with Crippen LogP contribution in [0, 0.1) is 25.2 Å². The molecule has 164 valence electrons. The zero-order chi connectivity index (χ0) is 23.2. The van der Waals surface area contributed by atoms with Gasteiger partial charge in [-0.2, -0.15) is 5.26 Å². The van der Waals surface area contributed by atoms with Gasteiger partial charge >= 0.3 is 0 Å². The van der Waals surface area contributed by atoms with Gasteiger partial charge in [0.15, 0.2) is 5.16 Å². The molecule has 3 aromatic carbocycles. The van der Waals surface area contributed by atoms with Gasteiger partial charge in [-0.25, -0.2) is 0 Å². The number of hydrogen-bond donors (Lipinski definition) is 1. The molecule has 1 amide bonds. The Morgan fingerprint density at radius 1 is 1.03 bits per heavy atom. The lowest BCUT2D eigenvalue weighted by atomic mass is 10.1. The van der Waals surface area contributed by atoms with Crippen molar-refractivity contribution >= 4 is 23.4 Å². The Kier molecular flexibility index (Phi) is 6.86. The van der Waals surface area contributed by atoms with Crippen LogP contribution in [0.4, 0.5) is 5.69 Å². The number of aromatic nitrogens is 3. The number of benzene rings is 3. The van der Waals surface area contributed by atoms with Gasteiger partial charge in [0.2, 0.25) is 5.91 Å². The fraction of sp³-hybridized carbons (Fsp3) is 0.154. The highest BCUT2D eigenvalue weighted by atomic mass is 32.2. The summed E-state index contributed by atoms with van der Waals surface area (Å²) in [5.41, 5.74) is 5.66. The van der Waals surface area contributed by atoms with Crippen LogP contribution in [0.1, 0.15) is 28.1 Å². The number of hydrogen-bond acceptors (Lipinski definition) is 5. The van der Waals surface area contributed by atoms with E-state index < -0.39 is 0 Å². The number of anilines is 1. The predicted octanol–water partition coefficient (Wildman–Crippen LogP) is 5.08. The second-order valence-corrected chi connectivity index (χ2v) is 8.66. The number of carbonyl (C=O) groups is 1. The molecule has 0 atom stereocenters. The highest BCUT2D eigenvalue weighted by Crippen LogP contribution is 2.26. The van der Waals surface area contributed by atoms with E-state index in [4.69, 9.17) is 5.26 Å². The van der Waals surface area contributed by atoms with Gasteiger partial charge in [-0.15, -0.1) is 10.2 Å². The molecule has 0 unspecified atom stereocenters. The van der Waals surface area contributed by atoms with Crippen molar-refractivity contribution in [2.45, 2.75) is 25.4 Å². The molecule has 0 aliphatic carbocycles. The number of carbonyl (C=O) groups excluding carboxylic acids is 1. The second kappa shape index (κ2) is 10.2. The van der Waals surface area contributed by atoms with Crippen molar-refractivity contribution in [3.63, 3.8) is 0 Å². The molecule has 7 heteroatoms. The van der Waals surface area contributed by atoms with E-state index in [9.17, 15) is 4.79 Å². The maximum absolute atomic E-state index is 12.5. The zero-order valence-electron chi connectivity index (χ0n) is 18.4. The molecular weight excluding hydrogens is 430 g/mol. The summed E-state index contributed by atoms with van der Waals surface area (Å²) >= 11 is 1.35. The van der Waals surface area contributed by atoms with Crippen molar-refractivity contribution < 1.29 is 4.79 Å². The molecule has 0 aliphatic heterocycles. The lowest BCUT2D eigenvalue weighted by Crippen LogP contribution is -2.14. The normalized spacial score (nSPS) is 10.6. The SMILES string of the molecule is Cc1ccc(-n2c(Cc3ccccc3)nnc2SCC(=O)Nc2ccc(C#N)cc2)c(C)c1. The van der Waals surface area contributed by atoms with Crippen LogP contribution in [0.2, 0.25) is 0 Å². The molecule has 0 fully saturated rings. The third kappa shape index (κ3) is 5.48. The molecule has 4 aromatic rings. The first-order valence-electron chi connectivity index (χ1n) is 10.5. The minimum atomic E-state index is -0.149. The zero-order valence-corrected chi connectivity index (χ0v) is 19.3.